The van der Waals surface area contributed by atoms with E-state index >= 15 is 0 Å². The summed E-state index contributed by atoms with van der Waals surface area (Å²) >= 11 is 6.12. The average Bonchev–Trinajstić information content (AvgIpc) is 2.68. The molecular formula is C13H19BClNO3. The van der Waals surface area contributed by atoms with E-state index in [9.17, 15) is 0 Å². The van der Waals surface area contributed by atoms with Crippen molar-refractivity contribution in [2.45, 2.75) is 26.1 Å². The van der Waals surface area contributed by atoms with Crippen LogP contribution in [0.25, 0.3) is 0 Å². The van der Waals surface area contributed by atoms with E-state index in [-0.39, 0.29) is 12.7 Å². The van der Waals surface area contributed by atoms with Gasteiger partial charge in [-0.2, -0.15) is 0 Å². The number of halogens is 1. The highest BCUT2D eigenvalue weighted by Gasteiger charge is 2.42. The number of hydrogen-bond donors (Lipinski definition) is 1. The number of benzene rings is 1. The topological polar surface area (TPSA) is 39.7 Å². The average molecular weight is 284 g/mol. The molecule has 0 saturated carbocycles. The van der Waals surface area contributed by atoms with Crippen LogP contribution in [0.3, 0.4) is 0 Å². The minimum Gasteiger partial charge on any atom is -0.491 e. The van der Waals surface area contributed by atoms with Gasteiger partial charge in [-0.15, -0.1) is 0 Å². The summed E-state index contributed by atoms with van der Waals surface area (Å²) in [6.45, 7) is 4.98. The van der Waals surface area contributed by atoms with E-state index in [1.807, 2.05) is 40.1 Å². The van der Waals surface area contributed by atoms with Crippen molar-refractivity contribution in [1.29, 1.82) is 0 Å². The van der Waals surface area contributed by atoms with Gasteiger partial charge in [-0.1, -0.05) is 11.6 Å². The highest BCUT2D eigenvalue weighted by atomic mass is 35.5. The molecule has 3 rings (SSSR count). The summed E-state index contributed by atoms with van der Waals surface area (Å²) in [5.41, 5.74) is 1.59. The summed E-state index contributed by atoms with van der Waals surface area (Å²) in [5, 5.41) is 3.47. The van der Waals surface area contributed by atoms with Crippen molar-refractivity contribution in [2.75, 3.05) is 20.7 Å². The third-order valence-corrected chi connectivity index (χ3v) is 3.23. The molecule has 19 heavy (non-hydrogen) atoms. The Labute approximate surface area is 119 Å². The molecule has 0 spiro atoms. The number of rotatable bonds is 0. The Bertz CT molecular complexity index is 467. The number of ether oxygens (including phenoxy) is 1. The standard InChI is InChI=1S/C11H12BClO3.C2H7N/c1-11(2)6-14-9-4-3-8(13)7-5-15-12(16-11)10(7)9;1-3-2/h3-4H,5-6H2,1-2H3;3H,1-2H3. The van der Waals surface area contributed by atoms with E-state index in [4.69, 9.17) is 25.6 Å². The SMILES string of the molecule is CC1(C)COc2ccc(Cl)c3c2B(OC3)O1.CNC. The molecule has 2 heterocycles. The number of nitrogens with one attached hydrogen (secondary N) is 1. The normalized spacial score (nSPS) is 18.9. The molecule has 2 aliphatic heterocycles. The van der Waals surface area contributed by atoms with E-state index in [0.29, 0.717) is 18.2 Å². The zero-order valence-electron chi connectivity index (χ0n) is 11.7. The minimum absolute atomic E-state index is 0.346. The van der Waals surface area contributed by atoms with Crippen molar-refractivity contribution < 1.29 is 14.0 Å². The van der Waals surface area contributed by atoms with E-state index in [1.165, 1.54) is 0 Å². The Balaban J connectivity index is 0.000000408. The van der Waals surface area contributed by atoms with Crippen LogP contribution < -0.4 is 15.5 Å². The second-order valence-corrected chi connectivity index (χ2v) is 5.65. The summed E-state index contributed by atoms with van der Waals surface area (Å²) in [5.74, 6) is 0.826. The van der Waals surface area contributed by atoms with Gasteiger partial charge in [-0.3, -0.25) is 0 Å². The lowest BCUT2D eigenvalue weighted by Crippen LogP contribution is -2.40. The molecule has 0 unspecified atom stereocenters. The molecule has 0 amide bonds. The Hall–Kier alpha value is -0.745. The maximum absolute atomic E-state index is 6.12. The summed E-state index contributed by atoms with van der Waals surface area (Å²) in [7, 11) is 3.40. The van der Waals surface area contributed by atoms with Crippen LogP contribution in [0, 0.1) is 0 Å². The number of hydrogen-bond acceptors (Lipinski definition) is 4. The second kappa shape index (κ2) is 5.71. The summed E-state index contributed by atoms with van der Waals surface area (Å²) in [6.07, 6.45) is 0. The molecule has 0 aliphatic carbocycles. The van der Waals surface area contributed by atoms with Crippen molar-refractivity contribution in [3.8, 4) is 5.75 Å². The van der Waals surface area contributed by atoms with Crippen LogP contribution in [-0.4, -0.2) is 33.4 Å². The first-order valence-corrected chi connectivity index (χ1v) is 6.68. The van der Waals surface area contributed by atoms with E-state index in [2.05, 4.69) is 5.32 Å². The molecule has 104 valence electrons. The van der Waals surface area contributed by atoms with Crippen molar-refractivity contribution in [2.24, 2.45) is 0 Å². The van der Waals surface area contributed by atoms with Crippen molar-refractivity contribution in [3.63, 3.8) is 0 Å². The summed E-state index contributed by atoms with van der Waals surface area (Å²) in [6, 6.07) is 3.73. The third-order valence-electron chi connectivity index (χ3n) is 2.88. The first-order valence-electron chi connectivity index (χ1n) is 6.30. The smallest absolute Gasteiger partial charge is 0.491 e. The maximum Gasteiger partial charge on any atom is 0.498 e. The van der Waals surface area contributed by atoms with Gasteiger partial charge in [0.2, 0.25) is 0 Å². The summed E-state index contributed by atoms with van der Waals surface area (Å²) in [4.78, 5) is 0. The van der Waals surface area contributed by atoms with Crippen LogP contribution in [0.5, 0.6) is 5.75 Å². The monoisotopic (exact) mass is 283 g/mol. The Morgan fingerprint density at radius 2 is 2.00 bits per heavy atom. The largest absolute Gasteiger partial charge is 0.498 e. The predicted octanol–water partition coefficient (Wildman–Crippen LogP) is 1.59. The fourth-order valence-corrected chi connectivity index (χ4v) is 2.28. The molecule has 0 saturated heterocycles. The molecular weight excluding hydrogens is 264 g/mol. The second-order valence-electron chi connectivity index (χ2n) is 5.25. The highest BCUT2D eigenvalue weighted by molar-refractivity contribution is 6.64. The van der Waals surface area contributed by atoms with Gasteiger partial charge >= 0.3 is 7.12 Å². The molecule has 0 fully saturated rings. The molecule has 2 aliphatic rings. The molecule has 0 aromatic heterocycles. The van der Waals surface area contributed by atoms with Crippen molar-refractivity contribution >= 4 is 24.2 Å². The van der Waals surface area contributed by atoms with Gasteiger partial charge < -0.3 is 19.4 Å². The highest BCUT2D eigenvalue weighted by Crippen LogP contribution is 2.30. The van der Waals surface area contributed by atoms with Gasteiger partial charge in [0.05, 0.1) is 12.2 Å². The van der Waals surface area contributed by atoms with Gasteiger partial charge in [-0.25, -0.2) is 0 Å². The lowest BCUT2D eigenvalue weighted by molar-refractivity contribution is 0.0353. The van der Waals surface area contributed by atoms with Gasteiger partial charge in [0.1, 0.15) is 12.4 Å². The zero-order chi connectivity index (χ0) is 14.0. The van der Waals surface area contributed by atoms with Crippen LogP contribution in [0.15, 0.2) is 12.1 Å². The van der Waals surface area contributed by atoms with Crippen LogP contribution in [0.1, 0.15) is 19.4 Å². The van der Waals surface area contributed by atoms with Crippen LogP contribution in [0.4, 0.5) is 0 Å². The minimum atomic E-state index is -0.349. The third kappa shape index (κ3) is 3.05. The Kier molecular flexibility index (Phi) is 4.41. The van der Waals surface area contributed by atoms with Crippen LogP contribution >= 0.6 is 11.6 Å². The van der Waals surface area contributed by atoms with E-state index < -0.39 is 0 Å². The van der Waals surface area contributed by atoms with Gasteiger partial charge in [-0.05, 0) is 45.6 Å². The molecule has 1 N–H and O–H groups in total. The van der Waals surface area contributed by atoms with Crippen molar-refractivity contribution in [3.05, 3.63) is 22.7 Å². The summed E-state index contributed by atoms with van der Waals surface area (Å²) < 4.78 is 17.2. The molecule has 1 aromatic rings. The van der Waals surface area contributed by atoms with Gasteiger partial charge in [0.15, 0.2) is 0 Å². The van der Waals surface area contributed by atoms with E-state index in [1.54, 1.807) is 0 Å². The zero-order valence-corrected chi connectivity index (χ0v) is 12.5. The lowest BCUT2D eigenvalue weighted by atomic mass is 9.77. The maximum atomic E-state index is 6.12. The Morgan fingerprint density at radius 1 is 1.32 bits per heavy atom. The van der Waals surface area contributed by atoms with Crippen LogP contribution in [-0.2, 0) is 15.9 Å². The van der Waals surface area contributed by atoms with Crippen molar-refractivity contribution in [1.82, 2.24) is 5.32 Å². The first kappa shape index (κ1) is 14.7. The molecule has 6 heteroatoms. The molecule has 1 aromatic carbocycles. The fraction of sp³-hybridized carbons (Fsp3) is 0.538. The fourth-order valence-electron chi connectivity index (χ4n) is 2.06. The quantitative estimate of drug-likeness (QED) is 0.734. The van der Waals surface area contributed by atoms with E-state index in [0.717, 1.165) is 16.8 Å². The Morgan fingerprint density at radius 3 is 2.68 bits per heavy atom. The molecule has 0 bridgehead atoms. The van der Waals surface area contributed by atoms with Gasteiger partial charge in [0, 0.05) is 10.5 Å². The molecule has 0 radical (unpaired) electrons. The first-order chi connectivity index (χ1) is 8.98. The van der Waals surface area contributed by atoms with Gasteiger partial charge in [0.25, 0.3) is 0 Å². The van der Waals surface area contributed by atoms with Crippen LogP contribution in [0.2, 0.25) is 5.02 Å². The predicted molar refractivity (Wildman–Crippen MR) is 77.3 cm³/mol. The molecule has 4 nitrogen and oxygen atoms in total. The lowest BCUT2D eigenvalue weighted by Gasteiger charge is -2.24. The molecule has 0 atom stereocenters.